The number of ether oxygens (including phenoxy) is 1. The van der Waals surface area contributed by atoms with E-state index in [0.717, 1.165) is 38.4 Å². The van der Waals surface area contributed by atoms with Crippen LogP contribution in [0.5, 0.6) is 5.75 Å². The van der Waals surface area contributed by atoms with Gasteiger partial charge in [-0.05, 0) is 24.1 Å². The molecule has 1 fully saturated rings. The Balaban J connectivity index is 1.88. The smallest absolute Gasteiger partial charge is 0.119 e. The fourth-order valence-corrected chi connectivity index (χ4v) is 1.95. The summed E-state index contributed by atoms with van der Waals surface area (Å²) in [6, 6.07) is 8.71. The highest BCUT2D eigenvalue weighted by Crippen LogP contribution is 2.17. The minimum atomic E-state index is 0.375. The lowest BCUT2D eigenvalue weighted by atomic mass is 10.1. The minimum absolute atomic E-state index is 0.375. The van der Waals surface area contributed by atoms with Gasteiger partial charge in [0.25, 0.3) is 0 Å². The van der Waals surface area contributed by atoms with Gasteiger partial charge in [-0.15, -0.1) is 0 Å². The first-order valence-corrected chi connectivity index (χ1v) is 5.97. The Morgan fingerprint density at radius 2 is 2.25 bits per heavy atom. The van der Waals surface area contributed by atoms with E-state index in [1.165, 1.54) is 5.56 Å². The molecule has 0 unspecified atom stereocenters. The van der Waals surface area contributed by atoms with Crippen molar-refractivity contribution in [2.75, 3.05) is 19.7 Å². The van der Waals surface area contributed by atoms with Crippen LogP contribution in [0.4, 0.5) is 0 Å². The summed E-state index contributed by atoms with van der Waals surface area (Å²) in [5, 5.41) is 0. The van der Waals surface area contributed by atoms with Crippen LogP contribution in [0.3, 0.4) is 0 Å². The Kier molecular flexibility index (Phi) is 3.80. The Hall–Kier alpha value is -1.06. The van der Waals surface area contributed by atoms with Gasteiger partial charge in [0.05, 0.1) is 6.61 Å². The average Bonchev–Trinajstić information content (AvgIpc) is 2.25. The van der Waals surface area contributed by atoms with Gasteiger partial charge in [0, 0.05) is 25.7 Å². The number of hydrogen-bond donors (Lipinski definition) is 1. The van der Waals surface area contributed by atoms with Gasteiger partial charge in [0.15, 0.2) is 0 Å². The molecule has 0 saturated carbocycles. The third kappa shape index (κ3) is 2.97. The molecule has 0 radical (unpaired) electrons. The molecule has 0 aliphatic carbocycles. The molecule has 0 spiro atoms. The van der Waals surface area contributed by atoms with Crippen LogP contribution in [0, 0.1) is 0 Å². The van der Waals surface area contributed by atoms with Gasteiger partial charge in [-0.3, -0.25) is 4.90 Å². The van der Waals surface area contributed by atoms with Crippen molar-refractivity contribution in [3.8, 4) is 5.75 Å². The molecular formula is C13H20N2O. The summed E-state index contributed by atoms with van der Waals surface area (Å²) in [6.07, 6.45) is 1.05. The largest absolute Gasteiger partial charge is 0.494 e. The Labute approximate surface area is 97.2 Å². The predicted octanol–water partition coefficient (Wildman–Crippen LogP) is 1.62. The maximum Gasteiger partial charge on any atom is 0.119 e. The monoisotopic (exact) mass is 220 g/mol. The van der Waals surface area contributed by atoms with Crippen LogP contribution < -0.4 is 10.5 Å². The lowest BCUT2D eigenvalue weighted by molar-refractivity contribution is 0.142. The minimum Gasteiger partial charge on any atom is -0.494 e. The molecule has 3 heteroatoms. The van der Waals surface area contributed by atoms with Gasteiger partial charge in [0.1, 0.15) is 5.75 Å². The molecule has 2 N–H and O–H groups in total. The Bertz CT molecular complexity index is 334. The van der Waals surface area contributed by atoms with Crippen molar-refractivity contribution in [2.45, 2.75) is 25.9 Å². The summed E-state index contributed by atoms with van der Waals surface area (Å²) in [5.74, 6) is 0.976. The molecule has 2 rings (SSSR count). The van der Waals surface area contributed by atoms with Gasteiger partial charge >= 0.3 is 0 Å². The number of benzene rings is 1. The summed E-state index contributed by atoms with van der Waals surface area (Å²) < 4.78 is 5.61. The molecule has 1 aromatic rings. The summed E-state index contributed by atoms with van der Waals surface area (Å²) in [4.78, 5) is 2.35. The summed E-state index contributed by atoms with van der Waals surface area (Å²) >= 11 is 0. The average molecular weight is 220 g/mol. The van der Waals surface area contributed by atoms with Crippen LogP contribution in [0.1, 0.15) is 18.9 Å². The molecule has 1 aliphatic heterocycles. The van der Waals surface area contributed by atoms with E-state index in [-0.39, 0.29) is 0 Å². The first-order chi connectivity index (χ1) is 7.78. The maximum atomic E-state index is 5.75. The predicted molar refractivity (Wildman–Crippen MR) is 65.5 cm³/mol. The zero-order chi connectivity index (χ0) is 11.4. The third-order valence-corrected chi connectivity index (χ3v) is 2.76. The molecule has 0 atom stereocenters. The van der Waals surface area contributed by atoms with E-state index in [4.69, 9.17) is 10.5 Å². The standard InChI is InChI=1S/C13H20N2O/c1-2-6-16-13-5-3-4-11(7-13)8-15-9-12(14)10-15/h3-5,7,12H,2,6,8-10,14H2,1H3. The number of nitrogens with zero attached hydrogens (tertiary/aromatic N) is 1. The van der Waals surface area contributed by atoms with Gasteiger partial charge in [-0.1, -0.05) is 19.1 Å². The van der Waals surface area contributed by atoms with Crippen LogP contribution in [-0.4, -0.2) is 30.6 Å². The van der Waals surface area contributed by atoms with Crippen LogP contribution in [0.25, 0.3) is 0 Å². The first kappa shape index (κ1) is 11.4. The molecule has 88 valence electrons. The van der Waals surface area contributed by atoms with E-state index >= 15 is 0 Å². The van der Waals surface area contributed by atoms with Crippen molar-refractivity contribution >= 4 is 0 Å². The highest BCUT2D eigenvalue weighted by Gasteiger charge is 2.22. The van der Waals surface area contributed by atoms with Crippen molar-refractivity contribution in [1.82, 2.24) is 4.90 Å². The van der Waals surface area contributed by atoms with Gasteiger partial charge in [0.2, 0.25) is 0 Å². The van der Waals surface area contributed by atoms with E-state index in [1.807, 2.05) is 6.07 Å². The van der Waals surface area contributed by atoms with Crippen LogP contribution >= 0.6 is 0 Å². The second-order valence-electron chi connectivity index (χ2n) is 4.45. The van der Waals surface area contributed by atoms with E-state index in [9.17, 15) is 0 Å². The molecule has 0 aromatic heterocycles. The van der Waals surface area contributed by atoms with E-state index in [2.05, 4.69) is 30.0 Å². The molecule has 1 aromatic carbocycles. The molecule has 1 heterocycles. The van der Waals surface area contributed by atoms with Crippen LogP contribution in [0.15, 0.2) is 24.3 Å². The van der Waals surface area contributed by atoms with Crippen molar-refractivity contribution in [1.29, 1.82) is 0 Å². The first-order valence-electron chi connectivity index (χ1n) is 5.97. The summed E-state index contributed by atoms with van der Waals surface area (Å²) in [5.41, 5.74) is 7.06. The molecule has 3 nitrogen and oxygen atoms in total. The summed E-state index contributed by atoms with van der Waals surface area (Å²) in [6.45, 7) is 5.92. The highest BCUT2D eigenvalue weighted by molar-refractivity contribution is 5.28. The quantitative estimate of drug-likeness (QED) is 0.819. The van der Waals surface area contributed by atoms with E-state index in [0.29, 0.717) is 6.04 Å². The molecule has 1 saturated heterocycles. The fourth-order valence-electron chi connectivity index (χ4n) is 1.95. The SMILES string of the molecule is CCCOc1cccc(CN2CC(N)C2)c1. The number of hydrogen-bond acceptors (Lipinski definition) is 3. The molecule has 0 amide bonds. The van der Waals surface area contributed by atoms with E-state index in [1.54, 1.807) is 0 Å². The topological polar surface area (TPSA) is 38.5 Å². The van der Waals surface area contributed by atoms with Crippen molar-refractivity contribution in [2.24, 2.45) is 5.73 Å². The van der Waals surface area contributed by atoms with Crippen molar-refractivity contribution < 1.29 is 4.74 Å². The molecule has 16 heavy (non-hydrogen) atoms. The lowest BCUT2D eigenvalue weighted by Crippen LogP contribution is -2.54. The normalized spacial score (nSPS) is 17.1. The van der Waals surface area contributed by atoms with Crippen LogP contribution in [-0.2, 0) is 6.54 Å². The number of nitrogens with two attached hydrogens (primary N) is 1. The Morgan fingerprint density at radius 1 is 1.44 bits per heavy atom. The Morgan fingerprint density at radius 3 is 2.94 bits per heavy atom. The van der Waals surface area contributed by atoms with Crippen LogP contribution in [0.2, 0.25) is 0 Å². The fraction of sp³-hybridized carbons (Fsp3) is 0.538. The van der Waals surface area contributed by atoms with Gasteiger partial charge in [-0.2, -0.15) is 0 Å². The zero-order valence-electron chi connectivity index (χ0n) is 9.86. The lowest BCUT2D eigenvalue weighted by Gasteiger charge is -2.36. The third-order valence-electron chi connectivity index (χ3n) is 2.76. The number of likely N-dealkylation sites (tertiary alicyclic amines) is 1. The molecular weight excluding hydrogens is 200 g/mol. The number of rotatable bonds is 5. The van der Waals surface area contributed by atoms with Gasteiger partial charge < -0.3 is 10.5 Å². The molecule has 0 bridgehead atoms. The van der Waals surface area contributed by atoms with Gasteiger partial charge in [-0.25, -0.2) is 0 Å². The maximum absolute atomic E-state index is 5.75. The van der Waals surface area contributed by atoms with E-state index < -0.39 is 0 Å². The highest BCUT2D eigenvalue weighted by atomic mass is 16.5. The second kappa shape index (κ2) is 5.32. The molecule has 1 aliphatic rings. The van der Waals surface area contributed by atoms with Crippen molar-refractivity contribution in [3.05, 3.63) is 29.8 Å². The van der Waals surface area contributed by atoms with Crippen molar-refractivity contribution in [3.63, 3.8) is 0 Å². The summed E-state index contributed by atoms with van der Waals surface area (Å²) in [7, 11) is 0. The second-order valence-corrected chi connectivity index (χ2v) is 4.45. The zero-order valence-corrected chi connectivity index (χ0v) is 9.86.